The molecule has 0 aliphatic rings. The fourth-order valence-corrected chi connectivity index (χ4v) is 1.45. The number of nitrogen functional groups attached to an aromatic ring is 1. The summed E-state index contributed by atoms with van der Waals surface area (Å²) in [7, 11) is 0. The van der Waals surface area contributed by atoms with Gasteiger partial charge in [0.2, 0.25) is 5.88 Å². The summed E-state index contributed by atoms with van der Waals surface area (Å²) in [4.78, 5) is 3.33. The third kappa shape index (κ3) is 2.98. The molecule has 1 heterocycles. The lowest BCUT2D eigenvalue weighted by Gasteiger charge is -2.10. The molecule has 0 radical (unpaired) electrons. The fraction of sp³-hybridized carbons (Fsp3) is 0.0769. The first kappa shape index (κ1) is 13.7. The van der Waals surface area contributed by atoms with E-state index >= 15 is 0 Å². The van der Waals surface area contributed by atoms with Gasteiger partial charge in [-0.05, 0) is 24.3 Å². The third-order valence-electron chi connectivity index (χ3n) is 2.34. The molecular formula is C13H8F3N3O. The number of nitriles is 1. The molecule has 0 fully saturated rings. The normalized spacial score (nSPS) is 10.9. The standard InChI is InChI=1S/C13H8F3N3O/c14-13(15,16)11-5-4-8(7-17)12(19-11)20-10-3-1-2-9(18)6-10/h1-6H,18H2. The average molecular weight is 279 g/mol. The summed E-state index contributed by atoms with van der Waals surface area (Å²) < 4.78 is 43.0. The van der Waals surface area contributed by atoms with E-state index < -0.39 is 17.8 Å². The zero-order valence-corrected chi connectivity index (χ0v) is 9.98. The summed E-state index contributed by atoms with van der Waals surface area (Å²) in [6.07, 6.45) is -4.61. The molecule has 1 aromatic carbocycles. The van der Waals surface area contributed by atoms with Gasteiger partial charge in [-0.3, -0.25) is 0 Å². The van der Waals surface area contributed by atoms with Crippen LogP contribution in [0.1, 0.15) is 11.3 Å². The van der Waals surface area contributed by atoms with Gasteiger partial charge in [0.05, 0.1) is 0 Å². The summed E-state index contributed by atoms with van der Waals surface area (Å²) >= 11 is 0. The maximum atomic E-state index is 12.6. The molecule has 0 saturated heterocycles. The van der Waals surface area contributed by atoms with Crippen molar-refractivity contribution >= 4 is 5.69 Å². The largest absolute Gasteiger partial charge is 0.438 e. The number of rotatable bonds is 2. The maximum Gasteiger partial charge on any atom is 0.433 e. The van der Waals surface area contributed by atoms with Crippen molar-refractivity contribution in [2.75, 3.05) is 5.73 Å². The number of benzene rings is 1. The minimum atomic E-state index is -4.61. The van der Waals surface area contributed by atoms with Crippen LogP contribution in [0.3, 0.4) is 0 Å². The third-order valence-corrected chi connectivity index (χ3v) is 2.34. The second-order valence-electron chi connectivity index (χ2n) is 3.83. The van der Waals surface area contributed by atoms with Crippen LogP contribution in [0.15, 0.2) is 36.4 Å². The van der Waals surface area contributed by atoms with Gasteiger partial charge in [-0.25, -0.2) is 4.98 Å². The number of pyridine rings is 1. The molecule has 2 aromatic rings. The highest BCUT2D eigenvalue weighted by molar-refractivity contribution is 5.47. The Labute approximate surface area is 112 Å². The van der Waals surface area contributed by atoms with Crippen LogP contribution in [0.2, 0.25) is 0 Å². The molecule has 20 heavy (non-hydrogen) atoms. The first-order valence-corrected chi connectivity index (χ1v) is 5.42. The number of ether oxygens (including phenoxy) is 1. The van der Waals surface area contributed by atoms with Crippen molar-refractivity contribution in [1.29, 1.82) is 5.26 Å². The Kier molecular flexibility index (Phi) is 3.48. The molecule has 0 amide bonds. The number of aromatic nitrogens is 1. The lowest BCUT2D eigenvalue weighted by atomic mass is 10.2. The molecule has 0 bridgehead atoms. The smallest absolute Gasteiger partial charge is 0.433 e. The first-order valence-electron chi connectivity index (χ1n) is 5.42. The molecule has 0 spiro atoms. The van der Waals surface area contributed by atoms with Crippen molar-refractivity contribution in [2.24, 2.45) is 0 Å². The minimum absolute atomic E-state index is 0.0968. The SMILES string of the molecule is N#Cc1ccc(C(F)(F)F)nc1Oc1cccc(N)c1. The topological polar surface area (TPSA) is 71.9 Å². The highest BCUT2D eigenvalue weighted by Gasteiger charge is 2.33. The second-order valence-corrected chi connectivity index (χ2v) is 3.83. The van der Waals surface area contributed by atoms with Gasteiger partial charge < -0.3 is 10.5 Å². The lowest BCUT2D eigenvalue weighted by molar-refractivity contribution is -0.141. The average Bonchev–Trinajstić information content (AvgIpc) is 2.37. The maximum absolute atomic E-state index is 12.6. The molecule has 1 aromatic heterocycles. The Balaban J connectivity index is 2.42. The van der Waals surface area contributed by atoms with Gasteiger partial charge in [-0.1, -0.05) is 6.07 Å². The zero-order valence-electron chi connectivity index (χ0n) is 9.98. The van der Waals surface area contributed by atoms with Crippen molar-refractivity contribution in [3.63, 3.8) is 0 Å². The Hall–Kier alpha value is -2.75. The highest BCUT2D eigenvalue weighted by atomic mass is 19.4. The Morgan fingerprint density at radius 3 is 2.55 bits per heavy atom. The summed E-state index contributed by atoms with van der Waals surface area (Å²) in [5, 5.41) is 8.87. The van der Waals surface area contributed by atoms with Crippen LogP contribution in [-0.2, 0) is 6.18 Å². The summed E-state index contributed by atoms with van der Waals surface area (Å²) in [6.45, 7) is 0. The van der Waals surface area contributed by atoms with E-state index in [0.717, 1.165) is 12.1 Å². The van der Waals surface area contributed by atoms with Crippen molar-refractivity contribution in [1.82, 2.24) is 4.98 Å². The highest BCUT2D eigenvalue weighted by Crippen LogP contribution is 2.31. The van der Waals surface area contributed by atoms with Crippen molar-refractivity contribution in [2.45, 2.75) is 6.18 Å². The number of hydrogen-bond acceptors (Lipinski definition) is 4. The monoisotopic (exact) mass is 279 g/mol. The predicted molar refractivity (Wildman–Crippen MR) is 64.9 cm³/mol. The fourth-order valence-electron chi connectivity index (χ4n) is 1.45. The number of nitrogens with zero attached hydrogens (tertiary/aromatic N) is 2. The van der Waals surface area contributed by atoms with E-state index in [1.54, 1.807) is 18.2 Å². The number of halogens is 3. The van der Waals surface area contributed by atoms with E-state index in [4.69, 9.17) is 15.7 Å². The second kappa shape index (κ2) is 5.09. The Bertz CT molecular complexity index is 677. The van der Waals surface area contributed by atoms with Gasteiger partial charge in [0.25, 0.3) is 0 Å². The van der Waals surface area contributed by atoms with Crippen LogP contribution in [0.5, 0.6) is 11.6 Å². The molecule has 4 nitrogen and oxygen atoms in total. The zero-order chi connectivity index (χ0) is 14.8. The Morgan fingerprint density at radius 1 is 1.20 bits per heavy atom. The van der Waals surface area contributed by atoms with Crippen molar-refractivity contribution in [3.8, 4) is 17.7 Å². The van der Waals surface area contributed by atoms with Gasteiger partial charge in [-0.2, -0.15) is 18.4 Å². The Morgan fingerprint density at radius 2 is 1.95 bits per heavy atom. The van der Waals surface area contributed by atoms with Crippen LogP contribution < -0.4 is 10.5 Å². The van der Waals surface area contributed by atoms with Gasteiger partial charge in [0.15, 0.2) is 0 Å². The molecule has 7 heteroatoms. The van der Waals surface area contributed by atoms with Gasteiger partial charge in [0.1, 0.15) is 23.1 Å². The summed E-state index contributed by atoms with van der Waals surface area (Å²) in [5.74, 6) is -0.207. The molecule has 0 unspecified atom stereocenters. The number of nitrogens with two attached hydrogens (primary N) is 1. The van der Waals surface area contributed by atoms with Gasteiger partial charge in [-0.15, -0.1) is 0 Å². The van der Waals surface area contributed by atoms with Gasteiger partial charge >= 0.3 is 6.18 Å². The van der Waals surface area contributed by atoms with Crippen LogP contribution in [0.25, 0.3) is 0 Å². The van der Waals surface area contributed by atoms with E-state index in [2.05, 4.69) is 4.98 Å². The number of alkyl halides is 3. The van der Waals surface area contributed by atoms with E-state index in [1.165, 1.54) is 12.1 Å². The molecular weight excluding hydrogens is 271 g/mol. The first-order chi connectivity index (χ1) is 9.40. The number of hydrogen-bond donors (Lipinski definition) is 1. The van der Waals surface area contributed by atoms with Crippen molar-refractivity contribution < 1.29 is 17.9 Å². The molecule has 0 aliphatic heterocycles. The molecule has 2 N–H and O–H groups in total. The minimum Gasteiger partial charge on any atom is -0.438 e. The number of anilines is 1. The predicted octanol–water partition coefficient (Wildman–Crippen LogP) is 3.35. The summed E-state index contributed by atoms with van der Waals surface area (Å²) in [6, 6.07) is 9.55. The van der Waals surface area contributed by atoms with Crippen LogP contribution in [-0.4, -0.2) is 4.98 Å². The molecule has 2 rings (SSSR count). The van der Waals surface area contributed by atoms with Crippen molar-refractivity contribution in [3.05, 3.63) is 47.7 Å². The van der Waals surface area contributed by atoms with E-state index in [-0.39, 0.29) is 11.3 Å². The molecule has 0 saturated carbocycles. The van der Waals surface area contributed by atoms with E-state index in [0.29, 0.717) is 5.69 Å². The quantitative estimate of drug-likeness (QED) is 0.856. The molecule has 0 atom stereocenters. The van der Waals surface area contributed by atoms with Crippen LogP contribution in [0.4, 0.5) is 18.9 Å². The van der Waals surface area contributed by atoms with Gasteiger partial charge in [0, 0.05) is 11.8 Å². The summed E-state index contributed by atoms with van der Waals surface area (Å²) in [5.41, 5.74) is 4.69. The van der Waals surface area contributed by atoms with E-state index in [9.17, 15) is 13.2 Å². The van der Waals surface area contributed by atoms with E-state index in [1.807, 2.05) is 0 Å². The molecule has 102 valence electrons. The molecule has 0 aliphatic carbocycles. The van der Waals surface area contributed by atoms with Crippen LogP contribution >= 0.6 is 0 Å². The van der Waals surface area contributed by atoms with Crippen LogP contribution in [0, 0.1) is 11.3 Å². The lowest BCUT2D eigenvalue weighted by Crippen LogP contribution is -2.09.